The number of carbonyl (C=O) groups excluding carboxylic acids is 1. The lowest BCUT2D eigenvalue weighted by atomic mass is 10.2. The van der Waals surface area contributed by atoms with Crippen molar-refractivity contribution in [1.82, 2.24) is 20.2 Å². The number of hydrogen-bond donors (Lipinski definition) is 2. The molecule has 2 aliphatic rings. The van der Waals surface area contributed by atoms with Crippen molar-refractivity contribution in [3.05, 3.63) is 0 Å². The molecule has 2 saturated heterocycles. The van der Waals surface area contributed by atoms with E-state index < -0.39 is 12.1 Å². The minimum Gasteiger partial charge on any atom is -0.465 e. The van der Waals surface area contributed by atoms with Crippen molar-refractivity contribution in [2.45, 2.75) is 18.9 Å². The van der Waals surface area contributed by atoms with Gasteiger partial charge in [0, 0.05) is 32.7 Å². The zero-order chi connectivity index (χ0) is 13.1. The molecule has 7 nitrogen and oxygen atoms in total. The van der Waals surface area contributed by atoms with Crippen LogP contribution in [-0.4, -0.2) is 77.7 Å². The number of rotatable bonds is 2. The summed E-state index contributed by atoms with van der Waals surface area (Å²) >= 11 is 0. The highest BCUT2D eigenvalue weighted by Gasteiger charge is 2.34. The summed E-state index contributed by atoms with van der Waals surface area (Å²) in [5.41, 5.74) is 2.83. The molecule has 102 valence electrons. The molecule has 2 rings (SSSR count). The van der Waals surface area contributed by atoms with Gasteiger partial charge in [0.15, 0.2) is 0 Å². The van der Waals surface area contributed by atoms with Crippen LogP contribution in [0.1, 0.15) is 12.8 Å². The van der Waals surface area contributed by atoms with Crippen molar-refractivity contribution in [3.63, 3.8) is 0 Å². The van der Waals surface area contributed by atoms with Gasteiger partial charge < -0.3 is 10.0 Å². The Labute approximate surface area is 106 Å². The zero-order valence-electron chi connectivity index (χ0n) is 10.6. The number of nitrogens with zero attached hydrogens (tertiary/aromatic N) is 3. The maximum Gasteiger partial charge on any atom is 0.407 e. The van der Waals surface area contributed by atoms with E-state index >= 15 is 0 Å². The Kier molecular flexibility index (Phi) is 4.03. The Bertz CT molecular complexity index is 328. The van der Waals surface area contributed by atoms with Crippen molar-refractivity contribution in [2.24, 2.45) is 0 Å². The van der Waals surface area contributed by atoms with Crippen LogP contribution in [0.2, 0.25) is 0 Å². The Morgan fingerprint density at radius 1 is 1.17 bits per heavy atom. The Balaban J connectivity index is 1.86. The van der Waals surface area contributed by atoms with Gasteiger partial charge in [-0.05, 0) is 19.9 Å². The normalized spacial score (nSPS) is 26.3. The highest BCUT2D eigenvalue weighted by atomic mass is 16.4. The zero-order valence-corrected chi connectivity index (χ0v) is 10.6. The Hall–Kier alpha value is -1.34. The molecule has 2 heterocycles. The van der Waals surface area contributed by atoms with Gasteiger partial charge in [-0.1, -0.05) is 0 Å². The van der Waals surface area contributed by atoms with E-state index in [9.17, 15) is 9.59 Å². The fourth-order valence-corrected chi connectivity index (χ4v) is 2.42. The first-order valence-corrected chi connectivity index (χ1v) is 6.31. The van der Waals surface area contributed by atoms with Gasteiger partial charge in [0.2, 0.25) is 0 Å². The molecular weight excluding hydrogens is 236 g/mol. The topological polar surface area (TPSA) is 76.1 Å². The van der Waals surface area contributed by atoms with E-state index in [2.05, 4.69) is 10.3 Å². The van der Waals surface area contributed by atoms with Crippen molar-refractivity contribution in [2.75, 3.05) is 39.8 Å². The van der Waals surface area contributed by atoms with Gasteiger partial charge in [0.05, 0.1) is 0 Å². The maximum absolute atomic E-state index is 12.0. The van der Waals surface area contributed by atoms with E-state index in [1.54, 1.807) is 0 Å². The first kappa shape index (κ1) is 13.1. The number of nitrogens with one attached hydrogen (secondary N) is 1. The number of piperazine rings is 1. The van der Waals surface area contributed by atoms with E-state index in [1.807, 2.05) is 12.1 Å². The monoisotopic (exact) mass is 256 g/mol. The summed E-state index contributed by atoms with van der Waals surface area (Å²) in [5, 5.41) is 10.9. The fraction of sp³-hybridized carbons (Fsp3) is 0.818. The number of hydrogen-bond acceptors (Lipinski definition) is 4. The highest BCUT2D eigenvalue weighted by Crippen LogP contribution is 2.17. The van der Waals surface area contributed by atoms with Crippen LogP contribution in [-0.2, 0) is 4.79 Å². The van der Waals surface area contributed by atoms with Crippen LogP contribution in [0.15, 0.2) is 0 Å². The van der Waals surface area contributed by atoms with E-state index in [0.717, 1.165) is 32.6 Å². The number of carbonyl (C=O) groups is 2. The number of likely N-dealkylation sites (tertiary alicyclic amines) is 1. The van der Waals surface area contributed by atoms with E-state index in [4.69, 9.17) is 5.11 Å². The van der Waals surface area contributed by atoms with Crippen LogP contribution >= 0.6 is 0 Å². The summed E-state index contributed by atoms with van der Waals surface area (Å²) in [4.78, 5) is 26.4. The van der Waals surface area contributed by atoms with Gasteiger partial charge in [0.1, 0.15) is 6.04 Å². The van der Waals surface area contributed by atoms with Gasteiger partial charge in [-0.3, -0.25) is 15.1 Å². The summed E-state index contributed by atoms with van der Waals surface area (Å²) in [5.74, 6) is -0.195. The summed E-state index contributed by atoms with van der Waals surface area (Å²) in [6.45, 7) is 3.83. The number of carboxylic acid groups (broad SMARTS) is 1. The van der Waals surface area contributed by atoms with Gasteiger partial charge in [-0.2, -0.15) is 0 Å². The smallest absolute Gasteiger partial charge is 0.407 e. The Morgan fingerprint density at radius 2 is 1.83 bits per heavy atom. The predicted octanol–water partition coefficient (Wildman–Crippen LogP) is -0.593. The van der Waals surface area contributed by atoms with Crippen molar-refractivity contribution in [3.8, 4) is 0 Å². The Morgan fingerprint density at radius 3 is 2.44 bits per heavy atom. The van der Waals surface area contributed by atoms with Crippen molar-refractivity contribution < 1.29 is 14.7 Å². The molecule has 0 radical (unpaired) electrons. The molecule has 0 unspecified atom stereocenters. The largest absolute Gasteiger partial charge is 0.465 e. The highest BCUT2D eigenvalue weighted by molar-refractivity contribution is 5.85. The molecule has 0 saturated carbocycles. The van der Waals surface area contributed by atoms with E-state index in [-0.39, 0.29) is 5.91 Å². The second-order valence-corrected chi connectivity index (χ2v) is 4.90. The molecule has 2 N–H and O–H groups in total. The molecule has 0 bridgehead atoms. The van der Waals surface area contributed by atoms with Crippen molar-refractivity contribution >= 4 is 12.0 Å². The predicted molar refractivity (Wildman–Crippen MR) is 65.0 cm³/mol. The average Bonchev–Trinajstić information content (AvgIpc) is 2.81. The van der Waals surface area contributed by atoms with Crippen LogP contribution in [0.3, 0.4) is 0 Å². The SMILES string of the molecule is CN1CCN(NC(=O)[C@@H]2CCCN2C(=O)O)CC1. The molecule has 0 aliphatic carbocycles. The molecule has 0 aromatic rings. The molecule has 2 fully saturated rings. The second kappa shape index (κ2) is 5.53. The third-order valence-electron chi connectivity index (χ3n) is 3.57. The summed E-state index contributed by atoms with van der Waals surface area (Å²) < 4.78 is 0. The van der Waals surface area contributed by atoms with Gasteiger partial charge >= 0.3 is 6.09 Å². The molecule has 0 aromatic carbocycles. The second-order valence-electron chi connectivity index (χ2n) is 4.90. The molecule has 2 aliphatic heterocycles. The molecule has 1 atom stereocenters. The molecule has 7 heteroatoms. The van der Waals surface area contributed by atoms with Gasteiger partial charge in [0.25, 0.3) is 5.91 Å². The van der Waals surface area contributed by atoms with Crippen LogP contribution in [0.25, 0.3) is 0 Å². The number of amides is 2. The average molecular weight is 256 g/mol. The summed E-state index contributed by atoms with van der Waals surface area (Å²) in [7, 11) is 2.04. The summed E-state index contributed by atoms with van der Waals surface area (Å²) in [6, 6.07) is -0.526. The molecular formula is C11H20N4O3. The lowest BCUT2D eigenvalue weighted by molar-refractivity contribution is -0.130. The van der Waals surface area contributed by atoms with Crippen molar-refractivity contribution in [1.29, 1.82) is 0 Å². The van der Waals surface area contributed by atoms with E-state index in [0.29, 0.717) is 13.0 Å². The third kappa shape index (κ3) is 2.91. The lowest BCUT2D eigenvalue weighted by Gasteiger charge is -2.33. The number of hydrazine groups is 1. The molecule has 0 aromatic heterocycles. The lowest BCUT2D eigenvalue weighted by Crippen LogP contribution is -2.56. The van der Waals surface area contributed by atoms with Crippen LogP contribution in [0.5, 0.6) is 0 Å². The minimum absolute atomic E-state index is 0.195. The standard InChI is InChI=1S/C11H20N4O3/c1-13-5-7-14(8-6-13)12-10(16)9-3-2-4-15(9)11(17)18/h9H,2-8H2,1H3,(H,12,16)(H,17,18)/t9-/m0/s1. The van der Waals surface area contributed by atoms with E-state index in [1.165, 1.54) is 4.90 Å². The molecule has 2 amide bonds. The first-order chi connectivity index (χ1) is 8.58. The first-order valence-electron chi connectivity index (χ1n) is 6.31. The molecule has 18 heavy (non-hydrogen) atoms. The van der Waals surface area contributed by atoms with Crippen LogP contribution < -0.4 is 5.43 Å². The summed E-state index contributed by atoms with van der Waals surface area (Å²) in [6.07, 6.45) is 0.366. The van der Waals surface area contributed by atoms with Gasteiger partial charge in [-0.15, -0.1) is 0 Å². The van der Waals surface area contributed by atoms with Crippen LogP contribution in [0, 0.1) is 0 Å². The number of likely N-dealkylation sites (N-methyl/N-ethyl adjacent to an activating group) is 1. The molecule has 0 spiro atoms. The maximum atomic E-state index is 12.0. The van der Waals surface area contributed by atoms with Crippen LogP contribution in [0.4, 0.5) is 4.79 Å². The third-order valence-corrected chi connectivity index (χ3v) is 3.57. The fourth-order valence-electron chi connectivity index (χ4n) is 2.42. The minimum atomic E-state index is -1.01. The quantitative estimate of drug-likeness (QED) is 0.690. The van der Waals surface area contributed by atoms with Gasteiger partial charge in [-0.25, -0.2) is 9.80 Å².